The summed E-state index contributed by atoms with van der Waals surface area (Å²) in [5.74, 6) is -0.128. The van der Waals surface area contributed by atoms with E-state index in [1.807, 2.05) is 6.08 Å². The Bertz CT molecular complexity index is 188. The molecule has 0 fully saturated rings. The van der Waals surface area contributed by atoms with Gasteiger partial charge in [-0.15, -0.1) is 0 Å². The average Bonchev–Trinajstić information content (AvgIpc) is 2.12. The molecule has 0 aromatic rings. The third-order valence-corrected chi connectivity index (χ3v) is 1.74. The van der Waals surface area contributed by atoms with Crippen molar-refractivity contribution in [2.24, 2.45) is 5.73 Å². The van der Waals surface area contributed by atoms with Gasteiger partial charge >= 0.3 is 0 Å². The predicted molar refractivity (Wildman–Crippen MR) is 52.3 cm³/mol. The van der Waals surface area contributed by atoms with Crippen molar-refractivity contribution in [1.82, 2.24) is 5.32 Å². The van der Waals surface area contributed by atoms with Crippen LogP contribution in [0, 0.1) is 0 Å². The molecule has 4 nitrogen and oxygen atoms in total. The van der Waals surface area contributed by atoms with Gasteiger partial charge in [-0.1, -0.05) is 12.2 Å². The van der Waals surface area contributed by atoms with Crippen LogP contribution in [0.15, 0.2) is 12.2 Å². The van der Waals surface area contributed by atoms with Crippen molar-refractivity contribution < 1.29 is 9.53 Å². The Hall–Kier alpha value is -0.870. The number of amides is 1. The minimum atomic E-state index is -0.767. The van der Waals surface area contributed by atoms with Crippen molar-refractivity contribution in [2.45, 2.75) is 19.4 Å². The molecule has 0 unspecified atom stereocenters. The largest absolute Gasteiger partial charge is 0.369 e. The van der Waals surface area contributed by atoms with E-state index < -0.39 is 5.60 Å². The van der Waals surface area contributed by atoms with Crippen LogP contribution in [0.5, 0.6) is 0 Å². The monoisotopic (exact) mass is 186 g/mol. The second kappa shape index (κ2) is 5.72. The molecular formula is C9H18N2O2. The second-order valence-corrected chi connectivity index (χ2v) is 3.13. The first-order chi connectivity index (χ1) is 6.04. The number of methoxy groups -OCH3 is 1. The summed E-state index contributed by atoms with van der Waals surface area (Å²) in [5.41, 5.74) is 4.47. The van der Waals surface area contributed by atoms with Gasteiger partial charge in [0, 0.05) is 20.2 Å². The maximum Gasteiger partial charge on any atom is 0.251 e. The van der Waals surface area contributed by atoms with Crippen LogP contribution in [0.3, 0.4) is 0 Å². The number of carbonyl (C=O) groups is 1. The standard InChI is InChI=1S/C9H18N2O2/c1-9(2,13-3)8(12)11-7-5-4-6-10/h4-5H,6-7,10H2,1-3H3,(H,11,12)/b5-4+. The molecule has 0 saturated carbocycles. The first-order valence-corrected chi connectivity index (χ1v) is 4.23. The normalized spacial score (nSPS) is 12.0. The number of hydrogen-bond donors (Lipinski definition) is 2. The Morgan fingerprint density at radius 2 is 2.15 bits per heavy atom. The van der Waals surface area contributed by atoms with Crippen LogP contribution in [-0.4, -0.2) is 31.7 Å². The summed E-state index contributed by atoms with van der Waals surface area (Å²) < 4.78 is 5.00. The van der Waals surface area contributed by atoms with Crippen molar-refractivity contribution in [2.75, 3.05) is 20.2 Å². The lowest BCUT2D eigenvalue weighted by Gasteiger charge is -2.20. The number of hydrogen-bond acceptors (Lipinski definition) is 3. The van der Waals surface area contributed by atoms with Crippen LogP contribution < -0.4 is 11.1 Å². The molecule has 0 aromatic heterocycles. The van der Waals surface area contributed by atoms with Crippen LogP contribution in [0.2, 0.25) is 0 Å². The highest BCUT2D eigenvalue weighted by molar-refractivity contribution is 5.84. The molecular weight excluding hydrogens is 168 g/mol. The zero-order valence-corrected chi connectivity index (χ0v) is 8.46. The van der Waals surface area contributed by atoms with Crippen LogP contribution in [0.25, 0.3) is 0 Å². The fraction of sp³-hybridized carbons (Fsp3) is 0.667. The van der Waals surface area contributed by atoms with Gasteiger partial charge in [0.25, 0.3) is 5.91 Å². The van der Waals surface area contributed by atoms with E-state index in [1.54, 1.807) is 19.9 Å². The van der Waals surface area contributed by atoms with Crippen molar-refractivity contribution in [3.63, 3.8) is 0 Å². The van der Waals surface area contributed by atoms with E-state index >= 15 is 0 Å². The minimum absolute atomic E-state index is 0.128. The summed E-state index contributed by atoms with van der Waals surface area (Å²) in [6, 6.07) is 0. The van der Waals surface area contributed by atoms with E-state index in [0.29, 0.717) is 13.1 Å². The molecule has 0 atom stereocenters. The Labute approximate surface area is 79.1 Å². The fourth-order valence-corrected chi connectivity index (χ4v) is 0.637. The fourth-order valence-electron chi connectivity index (χ4n) is 0.637. The number of ether oxygens (including phenoxy) is 1. The van der Waals surface area contributed by atoms with Gasteiger partial charge in [0.15, 0.2) is 0 Å². The smallest absolute Gasteiger partial charge is 0.251 e. The van der Waals surface area contributed by atoms with E-state index in [0.717, 1.165) is 0 Å². The summed E-state index contributed by atoms with van der Waals surface area (Å²) in [4.78, 5) is 11.4. The number of nitrogens with two attached hydrogens (primary N) is 1. The summed E-state index contributed by atoms with van der Waals surface area (Å²) in [6.45, 7) is 4.41. The third-order valence-electron chi connectivity index (χ3n) is 1.74. The highest BCUT2D eigenvalue weighted by Gasteiger charge is 2.25. The molecule has 76 valence electrons. The molecule has 0 saturated heterocycles. The molecule has 4 heteroatoms. The van der Waals surface area contributed by atoms with E-state index in [1.165, 1.54) is 7.11 Å². The van der Waals surface area contributed by atoms with Crippen molar-refractivity contribution in [1.29, 1.82) is 0 Å². The summed E-state index contributed by atoms with van der Waals surface area (Å²) in [7, 11) is 1.51. The zero-order valence-electron chi connectivity index (χ0n) is 8.46. The van der Waals surface area contributed by atoms with Crippen molar-refractivity contribution in [3.8, 4) is 0 Å². The molecule has 0 aliphatic heterocycles. The zero-order chi connectivity index (χ0) is 10.3. The second-order valence-electron chi connectivity index (χ2n) is 3.13. The maximum atomic E-state index is 11.4. The van der Waals surface area contributed by atoms with Crippen LogP contribution in [-0.2, 0) is 9.53 Å². The van der Waals surface area contributed by atoms with Gasteiger partial charge in [-0.2, -0.15) is 0 Å². The van der Waals surface area contributed by atoms with Gasteiger partial charge in [-0.25, -0.2) is 0 Å². The van der Waals surface area contributed by atoms with Gasteiger partial charge < -0.3 is 15.8 Å². The molecule has 0 aromatic carbocycles. The van der Waals surface area contributed by atoms with E-state index in [9.17, 15) is 4.79 Å². The molecule has 1 amide bonds. The highest BCUT2D eigenvalue weighted by Crippen LogP contribution is 2.06. The van der Waals surface area contributed by atoms with E-state index in [4.69, 9.17) is 10.5 Å². The topological polar surface area (TPSA) is 64.3 Å². The summed E-state index contributed by atoms with van der Waals surface area (Å²) >= 11 is 0. The predicted octanol–water partition coefficient (Wildman–Crippen LogP) is 0.0425. The number of carbonyl (C=O) groups excluding carboxylic acids is 1. The molecule has 0 aliphatic rings. The Morgan fingerprint density at radius 1 is 1.54 bits per heavy atom. The molecule has 0 rings (SSSR count). The lowest BCUT2D eigenvalue weighted by molar-refractivity contribution is -0.139. The highest BCUT2D eigenvalue weighted by atomic mass is 16.5. The first-order valence-electron chi connectivity index (χ1n) is 4.23. The average molecular weight is 186 g/mol. The lowest BCUT2D eigenvalue weighted by Crippen LogP contribution is -2.43. The molecule has 0 radical (unpaired) electrons. The molecule has 0 aliphatic carbocycles. The van der Waals surface area contributed by atoms with Gasteiger partial charge in [0.1, 0.15) is 5.60 Å². The van der Waals surface area contributed by atoms with Crippen LogP contribution in [0.4, 0.5) is 0 Å². The van der Waals surface area contributed by atoms with E-state index in [2.05, 4.69) is 5.32 Å². The molecule has 0 heterocycles. The number of nitrogens with one attached hydrogen (secondary N) is 1. The van der Waals surface area contributed by atoms with Crippen LogP contribution in [0.1, 0.15) is 13.8 Å². The molecule has 0 bridgehead atoms. The Kier molecular flexibility index (Phi) is 5.34. The molecule has 13 heavy (non-hydrogen) atoms. The first kappa shape index (κ1) is 12.1. The van der Waals surface area contributed by atoms with Crippen LogP contribution >= 0.6 is 0 Å². The maximum absolute atomic E-state index is 11.4. The SMILES string of the molecule is COC(C)(C)C(=O)NC/C=C/CN. The molecule has 0 spiro atoms. The van der Waals surface area contributed by atoms with E-state index in [-0.39, 0.29) is 5.91 Å². The Morgan fingerprint density at radius 3 is 2.62 bits per heavy atom. The van der Waals surface area contributed by atoms with Gasteiger partial charge in [-0.05, 0) is 13.8 Å². The number of rotatable bonds is 5. The minimum Gasteiger partial charge on any atom is -0.369 e. The van der Waals surface area contributed by atoms with Gasteiger partial charge in [0.2, 0.25) is 0 Å². The van der Waals surface area contributed by atoms with Crippen molar-refractivity contribution in [3.05, 3.63) is 12.2 Å². The molecule has 3 N–H and O–H groups in total. The van der Waals surface area contributed by atoms with Crippen molar-refractivity contribution >= 4 is 5.91 Å². The third kappa shape index (κ3) is 4.65. The van der Waals surface area contributed by atoms with Gasteiger partial charge in [-0.3, -0.25) is 4.79 Å². The van der Waals surface area contributed by atoms with Gasteiger partial charge in [0.05, 0.1) is 0 Å². The summed E-state index contributed by atoms with van der Waals surface area (Å²) in [6.07, 6.45) is 3.60. The quantitative estimate of drug-likeness (QED) is 0.596. The lowest BCUT2D eigenvalue weighted by atomic mass is 10.1. The summed E-state index contributed by atoms with van der Waals surface area (Å²) in [5, 5.41) is 2.70. The Balaban J connectivity index is 3.81.